The van der Waals surface area contributed by atoms with Crippen LogP contribution in [0.2, 0.25) is 0 Å². The first-order chi connectivity index (χ1) is 19.1. The zero-order valence-corrected chi connectivity index (χ0v) is 21.6. The van der Waals surface area contributed by atoms with Crippen molar-refractivity contribution in [3.63, 3.8) is 0 Å². The number of phenols is 1. The highest BCUT2D eigenvalue weighted by Crippen LogP contribution is 2.57. The van der Waals surface area contributed by atoms with Crippen molar-refractivity contribution in [3.8, 4) is 11.5 Å². The molecule has 0 spiro atoms. The summed E-state index contributed by atoms with van der Waals surface area (Å²) in [6.07, 6.45) is 3.39. The van der Waals surface area contributed by atoms with E-state index < -0.39 is 40.4 Å². The number of ketones is 2. The predicted octanol–water partition coefficient (Wildman–Crippen LogP) is 3.94. The summed E-state index contributed by atoms with van der Waals surface area (Å²) in [5, 5.41) is 22.3. The number of fused-ring (bicyclic) bond motifs is 3. The molecule has 0 radical (unpaired) electrons. The van der Waals surface area contributed by atoms with Gasteiger partial charge in [0.15, 0.2) is 11.6 Å². The van der Waals surface area contributed by atoms with Crippen molar-refractivity contribution in [1.82, 2.24) is 0 Å². The van der Waals surface area contributed by atoms with Gasteiger partial charge in [-0.2, -0.15) is 0 Å². The summed E-state index contributed by atoms with van der Waals surface area (Å²) in [7, 11) is 1.44. The van der Waals surface area contributed by atoms with Crippen LogP contribution in [-0.4, -0.2) is 40.5 Å². The zero-order chi connectivity index (χ0) is 28.5. The van der Waals surface area contributed by atoms with Gasteiger partial charge < -0.3 is 9.84 Å². The van der Waals surface area contributed by atoms with Crippen molar-refractivity contribution < 1.29 is 33.9 Å². The van der Waals surface area contributed by atoms with Gasteiger partial charge in [-0.3, -0.25) is 29.3 Å². The van der Waals surface area contributed by atoms with Gasteiger partial charge in [-0.1, -0.05) is 23.8 Å². The molecule has 10 heteroatoms. The van der Waals surface area contributed by atoms with Gasteiger partial charge in [-0.25, -0.2) is 4.90 Å². The third kappa shape index (κ3) is 3.55. The number of rotatable bonds is 4. The molecule has 40 heavy (non-hydrogen) atoms. The maximum atomic E-state index is 13.9. The molecule has 0 bridgehead atoms. The highest BCUT2D eigenvalue weighted by molar-refractivity contribution is 6.25. The van der Waals surface area contributed by atoms with Crippen LogP contribution >= 0.6 is 0 Å². The van der Waals surface area contributed by atoms with Crippen LogP contribution < -0.4 is 9.64 Å². The fraction of sp³-hybridized carbons (Fsp3) is 0.267. The molecule has 1 heterocycles. The minimum atomic E-state index is -0.860. The lowest BCUT2D eigenvalue weighted by Crippen LogP contribution is -2.40. The number of imide groups is 1. The fourth-order valence-corrected chi connectivity index (χ4v) is 6.71. The third-order valence-corrected chi connectivity index (χ3v) is 8.41. The number of methoxy groups -OCH3 is 1. The molecule has 10 nitrogen and oxygen atoms in total. The monoisotopic (exact) mass is 540 g/mol. The van der Waals surface area contributed by atoms with E-state index in [1.54, 1.807) is 19.1 Å². The summed E-state index contributed by atoms with van der Waals surface area (Å²) in [6.45, 7) is 1.56. The number of hydrogen-bond acceptors (Lipinski definition) is 8. The van der Waals surface area contributed by atoms with E-state index in [2.05, 4.69) is 0 Å². The average molecular weight is 541 g/mol. The normalized spacial score (nSPS) is 25.7. The Kier molecular flexibility index (Phi) is 5.79. The molecule has 3 aliphatic carbocycles. The molecule has 4 atom stereocenters. The first-order valence-corrected chi connectivity index (χ1v) is 12.8. The topological polar surface area (TPSA) is 144 Å². The summed E-state index contributed by atoms with van der Waals surface area (Å²) < 4.78 is 5.55. The van der Waals surface area contributed by atoms with Gasteiger partial charge in [-0.15, -0.1) is 0 Å². The van der Waals surface area contributed by atoms with Crippen LogP contribution in [0.15, 0.2) is 76.9 Å². The van der Waals surface area contributed by atoms with Crippen molar-refractivity contribution >= 4 is 34.8 Å². The van der Waals surface area contributed by atoms with Crippen LogP contribution in [0.4, 0.5) is 11.4 Å². The lowest BCUT2D eigenvalue weighted by molar-refractivity contribution is -0.384. The number of amides is 2. The van der Waals surface area contributed by atoms with Crippen LogP contribution in [0.1, 0.15) is 31.2 Å². The quantitative estimate of drug-likeness (QED) is 0.202. The number of nitrogens with zero attached hydrogens (tertiary/aromatic N) is 2. The summed E-state index contributed by atoms with van der Waals surface area (Å²) in [6, 6.07) is 10.1. The van der Waals surface area contributed by atoms with Crippen molar-refractivity contribution in [2.24, 2.45) is 17.8 Å². The van der Waals surface area contributed by atoms with Crippen LogP contribution in [-0.2, 0) is 19.2 Å². The molecule has 4 aliphatic rings. The number of Topliss-reactive ketones (excluding diaryl/α,β-unsaturated/α-hetero) is 1. The predicted molar refractivity (Wildman–Crippen MR) is 142 cm³/mol. The van der Waals surface area contributed by atoms with Crippen LogP contribution in [0, 0.1) is 27.9 Å². The molecule has 2 amide bonds. The van der Waals surface area contributed by atoms with Gasteiger partial charge >= 0.3 is 0 Å². The van der Waals surface area contributed by atoms with Gasteiger partial charge in [0.05, 0.1) is 29.6 Å². The number of carbonyl (C=O) groups excluding carboxylic acids is 4. The number of non-ortho nitro benzene ring substituents is 1. The Hall–Kier alpha value is -4.86. The number of ether oxygens (including phenoxy) is 1. The Balaban J connectivity index is 1.51. The van der Waals surface area contributed by atoms with E-state index in [9.17, 15) is 34.4 Å². The Morgan fingerprint density at radius 1 is 1.05 bits per heavy atom. The Morgan fingerprint density at radius 2 is 1.80 bits per heavy atom. The molecule has 0 unspecified atom stereocenters. The molecule has 0 saturated carbocycles. The van der Waals surface area contributed by atoms with E-state index in [4.69, 9.17) is 4.74 Å². The van der Waals surface area contributed by atoms with Gasteiger partial charge in [0.1, 0.15) is 11.5 Å². The summed E-state index contributed by atoms with van der Waals surface area (Å²) in [5.41, 5.74) is 1.61. The Morgan fingerprint density at radius 3 is 2.52 bits per heavy atom. The van der Waals surface area contributed by atoms with E-state index in [1.807, 2.05) is 6.08 Å². The maximum absolute atomic E-state index is 13.9. The number of allylic oxidation sites excluding steroid dienone is 6. The molecule has 2 aromatic rings. The molecular weight excluding hydrogens is 516 g/mol. The number of carbonyl (C=O) groups is 4. The largest absolute Gasteiger partial charge is 0.507 e. The van der Waals surface area contributed by atoms with Gasteiger partial charge in [0.2, 0.25) is 11.8 Å². The van der Waals surface area contributed by atoms with Gasteiger partial charge in [0.25, 0.3) is 5.69 Å². The number of anilines is 1. The molecule has 1 fully saturated rings. The lowest BCUT2D eigenvalue weighted by Gasteiger charge is -2.42. The SMILES string of the molecule is COc1cccc(O)c1[C@H]1C2=CC[C@@H]3C(=O)N(c4cccc([N+](=O)[O-])c4)C(=O)[C@@H]3[C@@H]2CC2=C1C(=O)C=C(C)C2=O. The number of nitro benzene ring substituents is 1. The second-order valence-electron chi connectivity index (χ2n) is 10.4. The molecule has 0 aromatic heterocycles. The van der Waals surface area contributed by atoms with Crippen molar-refractivity contribution in [2.75, 3.05) is 12.0 Å². The van der Waals surface area contributed by atoms with Crippen molar-refractivity contribution in [3.05, 3.63) is 92.6 Å². The minimum absolute atomic E-state index is 0.0757. The lowest BCUT2D eigenvalue weighted by atomic mass is 9.59. The van der Waals surface area contributed by atoms with Crippen molar-refractivity contribution in [2.45, 2.75) is 25.7 Å². The first-order valence-electron chi connectivity index (χ1n) is 12.8. The average Bonchev–Trinajstić information content (AvgIpc) is 3.20. The Bertz CT molecular complexity index is 1650. The number of benzene rings is 2. The van der Waals surface area contributed by atoms with Crippen LogP contribution in [0.3, 0.4) is 0 Å². The molecule has 2 aromatic carbocycles. The number of hydrogen-bond donors (Lipinski definition) is 1. The zero-order valence-electron chi connectivity index (χ0n) is 21.6. The van der Waals surface area contributed by atoms with E-state index in [0.717, 1.165) is 4.90 Å². The van der Waals surface area contributed by atoms with Crippen LogP contribution in [0.25, 0.3) is 0 Å². The molecule has 6 rings (SSSR count). The highest BCUT2D eigenvalue weighted by Gasteiger charge is 2.57. The van der Waals surface area contributed by atoms with E-state index in [0.29, 0.717) is 16.9 Å². The second-order valence-corrected chi connectivity index (χ2v) is 10.4. The van der Waals surface area contributed by atoms with E-state index in [1.165, 1.54) is 43.5 Å². The number of aromatic hydroxyl groups is 1. The van der Waals surface area contributed by atoms with Gasteiger partial charge in [-0.05, 0) is 50.0 Å². The molecule has 1 aliphatic heterocycles. The minimum Gasteiger partial charge on any atom is -0.507 e. The second kappa shape index (κ2) is 9.11. The standard InChI is InChI=1S/C30H24N2O8/c1-14-11-22(34)25-20(28(14)35)13-19-17(26(25)27-21(33)7-4-8-23(27)40-2)9-10-18-24(19)30(37)31(29(18)36)15-5-3-6-16(12-15)32(38)39/h3-9,11-12,18-19,24,26,33H,10,13H2,1-2H3/t18-,19+,24-,26-/m0/s1. The molecule has 1 N–H and O–H groups in total. The molecular formula is C30H24N2O8. The van der Waals surface area contributed by atoms with E-state index >= 15 is 0 Å². The summed E-state index contributed by atoms with van der Waals surface area (Å²) in [4.78, 5) is 66.1. The molecule has 202 valence electrons. The number of phenolic OH excluding ortho intramolecular Hbond substituents is 1. The number of nitro groups is 1. The van der Waals surface area contributed by atoms with Crippen molar-refractivity contribution in [1.29, 1.82) is 0 Å². The Labute approximate surface area is 228 Å². The smallest absolute Gasteiger partial charge is 0.271 e. The maximum Gasteiger partial charge on any atom is 0.271 e. The fourth-order valence-electron chi connectivity index (χ4n) is 6.71. The van der Waals surface area contributed by atoms with Crippen LogP contribution in [0.5, 0.6) is 11.5 Å². The first kappa shape index (κ1) is 25.4. The van der Waals surface area contributed by atoms with E-state index in [-0.39, 0.29) is 58.3 Å². The third-order valence-electron chi connectivity index (χ3n) is 8.41. The highest BCUT2D eigenvalue weighted by atomic mass is 16.6. The summed E-state index contributed by atoms with van der Waals surface area (Å²) >= 11 is 0. The van der Waals surface area contributed by atoms with Gasteiger partial charge in [0, 0.05) is 40.3 Å². The summed E-state index contributed by atoms with van der Waals surface area (Å²) in [5.74, 6) is -4.52. The molecule has 1 saturated heterocycles.